The fraction of sp³-hybridized carbons (Fsp3) is 0.182. The van der Waals surface area contributed by atoms with Crippen molar-refractivity contribution >= 4 is 10.9 Å². The zero-order valence-electron chi connectivity index (χ0n) is 7.33. The summed E-state index contributed by atoms with van der Waals surface area (Å²) in [5, 5.41) is 1.23. The second-order valence-electron chi connectivity index (χ2n) is 3.16. The Kier molecular flexibility index (Phi) is 1.58. The molecule has 1 heterocycles. The van der Waals surface area contributed by atoms with Crippen LogP contribution in [0.15, 0.2) is 30.5 Å². The Morgan fingerprint density at radius 3 is 2.83 bits per heavy atom. The molecule has 0 bridgehead atoms. The van der Waals surface area contributed by atoms with E-state index in [-0.39, 0.29) is 0 Å². The van der Waals surface area contributed by atoms with Crippen molar-refractivity contribution < 1.29 is 0 Å². The third-order valence-electron chi connectivity index (χ3n) is 2.05. The lowest BCUT2D eigenvalue weighted by Gasteiger charge is -2.00. The molecule has 1 nitrogen and oxygen atoms in total. The highest BCUT2D eigenvalue weighted by Gasteiger charge is 1.96. The third kappa shape index (κ3) is 1.07. The number of aryl methyl sites for hydroxylation is 2. The molecule has 1 aromatic heterocycles. The van der Waals surface area contributed by atoms with E-state index in [1.807, 2.05) is 6.20 Å². The lowest BCUT2D eigenvalue weighted by Crippen LogP contribution is -1.83. The molecule has 0 fully saturated rings. The normalized spacial score (nSPS) is 10.5. The smallest absolute Gasteiger partial charge is 0.0731 e. The van der Waals surface area contributed by atoms with E-state index in [2.05, 4.69) is 43.1 Å². The van der Waals surface area contributed by atoms with Crippen molar-refractivity contribution in [2.24, 2.45) is 0 Å². The van der Waals surface area contributed by atoms with E-state index < -0.39 is 0 Å². The molecule has 0 unspecified atom stereocenters. The van der Waals surface area contributed by atoms with Crippen LogP contribution in [0.2, 0.25) is 0 Å². The van der Waals surface area contributed by atoms with E-state index in [1.54, 1.807) is 0 Å². The maximum Gasteiger partial charge on any atom is 0.0731 e. The fourth-order valence-electron chi connectivity index (χ4n) is 1.42. The summed E-state index contributed by atoms with van der Waals surface area (Å²) < 4.78 is 0. The predicted molar refractivity (Wildman–Crippen MR) is 51.2 cm³/mol. The van der Waals surface area contributed by atoms with E-state index in [9.17, 15) is 0 Å². The van der Waals surface area contributed by atoms with E-state index in [4.69, 9.17) is 0 Å². The van der Waals surface area contributed by atoms with E-state index in [1.165, 1.54) is 16.5 Å². The quantitative estimate of drug-likeness (QED) is 0.573. The van der Waals surface area contributed by atoms with Gasteiger partial charge < -0.3 is 0 Å². The van der Waals surface area contributed by atoms with E-state index >= 15 is 0 Å². The Bertz CT molecular complexity index is 418. The second-order valence-corrected chi connectivity index (χ2v) is 3.16. The highest BCUT2D eigenvalue weighted by atomic mass is 14.7. The summed E-state index contributed by atoms with van der Waals surface area (Å²) in [5.74, 6) is 0. The van der Waals surface area contributed by atoms with Gasteiger partial charge in [-0.15, -0.1) is 0 Å². The highest BCUT2D eigenvalue weighted by Crippen LogP contribution is 2.15. The lowest BCUT2D eigenvalue weighted by molar-refractivity contribution is 1.31. The highest BCUT2D eigenvalue weighted by molar-refractivity contribution is 5.81. The van der Waals surface area contributed by atoms with Gasteiger partial charge in [0.1, 0.15) is 0 Å². The molecule has 2 rings (SSSR count). The van der Waals surface area contributed by atoms with Gasteiger partial charge in [0.25, 0.3) is 0 Å². The number of benzene rings is 1. The van der Waals surface area contributed by atoms with Gasteiger partial charge in [-0.1, -0.05) is 18.2 Å². The van der Waals surface area contributed by atoms with Crippen LogP contribution < -0.4 is 0 Å². The van der Waals surface area contributed by atoms with Crippen molar-refractivity contribution in [1.29, 1.82) is 0 Å². The molecule has 0 aliphatic carbocycles. The summed E-state index contributed by atoms with van der Waals surface area (Å²) in [7, 11) is 0. The van der Waals surface area contributed by atoms with Crippen LogP contribution >= 0.6 is 0 Å². The van der Waals surface area contributed by atoms with Gasteiger partial charge in [-0.2, -0.15) is 0 Å². The van der Waals surface area contributed by atoms with Crippen molar-refractivity contribution in [3.63, 3.8) is 0 Å². The molecule has 1 aromatic carbocycles. The molecule has 60 valence electrons. The Balaban J connectivity index is 2.86. The molecule has 0 spiro atoms. The van der Waals surface area contributed by atoms with Crippen molar-refractivity contribution in [3.8, 4) is 0 Å². The van der Waals surface area contributed by atoms with Crippen molar-refractivity contribution in [2.75, 3.05) is 0 Å². The first-order chi connectivity index (χ1) is 5.77. The minimum absolute atomic E-state index is 1.11. The molecule has 2 aromatic rings. The fourth-order valence-corrected chi connectivity index (χ4v) is 1.42. The summed E-state index contributed by atoms with van der Waals surface area (Å²) in [6, 6.07) is 8.42. The van der Waals surface area contributed by atoms with Crippen LogP contribution in [0.25, 0.3) is 10.9 Å². The molecule has 0 amide bonds. The Labute approximate surface area is 72.1 Å². The van der Waals surface area contributed by atoms with Crippen LogP contribution in [0.3, 0.4) is 0 Å². The van der Waals surface area contributed by atoms with Gasteiger partial charge in [0.15, 0.2) is 0 Å². The predicted octanol–water partition coefficient (Wildman–Crippen LogP) is 2.85. The lowest BCUT2D eigenvalue weighted by atomic mass is 10.1. The zero-order chi connectivity index (χ0) is 8.55. The van der Waals surface area contributed by atoms with Crippen molar-refractivity contribution in [2.45, 2.75) is 13.8 Å². The summed E-state index contributed by atoms with van der Waals surface area (Å²) in [6.07, 6.45) is 1.91. The van der Waals surface area contributed by atoms with Crippen LogP contribution in [-0.4, -0.2) is 4.98 Å². The van der Waals surface area contributed by atoms with Gasteiger partial charge >= 0.3 is 0 Å². The van der Waals surface area contributed by atoms with Gasteiger partial charge in [0.05, 0.1) is 5.52 Å². The van der Waals surface area contributed by atoms with Gasteiger partial charge in [0, 0.05) is 11.6 Å². The van der Waals surface area contributed by atoms with Crippen LogP contribution in [0, 0.1) is 13.8 Å². The number of pyridine rings is 1. The molecule has 12 heavy (non-hydrogen) atoms. The molecule has 0 saturated heterocycles. The minimum atomic E-state index is 1.11. The van der Waals surface area contributed by atoms with Crippen LogP contribution in [0.1, 0.15) is 11.1 Å². The zero-order valence-corrected chi connectivity index (χ0v) is 7.33. The molecule has 0 aliphatic rings. The number of nitrogens with zero attached hydrogens (tertiary/aromatic N) is 1. The molecule has 0 saturated carbocycles. The second kappa shape index (κ2) is 2.59. The number of hydrogen-bond acceptors (Lipinski definition) is 1. The summed E-state index contributed by atoms with van der Waals surface area (Å²) in [4.78, 5) is 4.38. The number of aromatic nitrogens is 1. The van der Waals surface area contributed by atoms with Gasteiger partial charge in [-0.25, -0.2) is 0 Å². The third-order valence-corrected chi connectivity index (χ3v) is 2.05. The Morgan fingerprint density at radius 1 is 1.17 bits per heavy atom. The monoisotopic (exact) mass is 157 g/mol. The Hall–Kier alpha value is -1.37. The van der Waals surface area contributed by atoms with Crippen LogP contribution in [0.4, 0.5) is 0 Å². The maximum absolute atomic E-state index is 4.38. The van der Waals surface area contributed by atoms with Crippen molar-refractivity contribution in [3.05, 3.63) is 41.6 Å². The Morgan fingerprint density at radius 2 is 2.00 bits per heavy atom. The maximum atomic E-state index is 4.38. The molecule has 0 radical (unpaired) electrons. The molecule has 0 atom stereocenters. The van der Waals surface area contributed by atoms with Crippen LogP contribution in [-0.2, 0) is 0 Å². The van der Waals surface area contributed by atoms with Crippen molar-refractivity contribution in [1.82, 2.24) is 4.98 Å². The summed E-state index contributed by atoms with van der Waals surface area (Å²) >= 11 is 0. The molecule has 0 N–H and O–H groups in total. The van der Waals surface area contributed by atoms with Gasteiger partial charge in [0.2, 0.25) is 0 Å². The SMILES string of the molecule is Cc1cnc2c(C)cccc2c1. The standard InChI is InChI=1S/C11H11N/c1-8-6-10-5-3-4-9(2)11(10)12-7-8/h3-7H,1-2H3. The number of fused-ring (bicyclic) bond motifs is 1. The average Bonchev–Trinajstić information content (AvgIpc) is 2.04. The van der Waals surface area contributed by atoms with E-state index in [0.717, 1.165) is 5.52 Å². The molecule has 1 heteroatoms. The molecular formula is C11H11N. The van der Waals surface area contributed by atoms with Gasteiger partial charge in [-0.05, 0) is 31.0 Å². The molecule has 0 aliphatic heterocycles. The summed E-state index contributed by atoms with van der Waals surface area (Å²) in [6.45, 7) is 4.15. The first kappa shape index (κ1) is 7.29. The first-order valence-electron chi connectivity index (χ1n) is 4.09. The van der Waals surface area contributed by atoms with Gasteiger partial charge in [-0.3, -0.25) is 4.98 Å². The number of hydrogen-bond donors (Lipinski definition) is 0. The van der Waals surface area contributed by atoms with E-state index in [0.29, 0.717) is 0 Å². The first-order valence-corrected chi connectivity index (χ1v) is 4.09. The number of rotatable bonds is 0. The number of para-hydroxylation sites is 1. The largest absolute Gasteiger partial charge is 0.256 e. The summed E-state index contributed by atoms with van der Waals surface area (Å²) in [5.41, 5.74) is 3.57. The molecular weight excluding hydrogens is 146 g/mol. The minimum Gasteiger partial charge on any atom is -0.256 e. The van der Waals surface area contributed by atoms with Crippen LogP contribution in [0.5, 0.6) is 0 Å². The topological polar surface area (TPSA) is 12.9 Å². The average molecular weight is 157 g/mol.